The summed E-state index contributed by atoms with van der Waals surface area (Å²) in [6.07, 6.45) is 3.35. The van der Waals surface area contributed by atoms with Gasteiger partial charge in [-0.3, -0.25) is 9.48 Å². The van der Waals surface area contributed by atoms with Gasteiger partial charge in [0.1, 0.15) is 11.9 Å². The third-order valence-corrected chi connectivity index (χ3v) is 3.23. The Balaban J connectivity index is 1.99. The Labute approximate surface area is 113 Å². The molecule has 0 spiro atoms. The summed E-state index contributed by atoms with van der Waals surface area (Å²) in [4.78, 5) is 12.0. The van der Waals surface area contributed by atoms with Crippen LogP contribution in [0, 0.1) is 5.82 Å². The fourth-order valence-corrected chi connectivity index (χ4v) is 2.18. The number of fused-ring (bicyclic) bond motifs is 1. The molecule has 2 heterocycles. The van der Waals surface area contributed by atoms with Gasteiger partial charge in [0, 0.05) is 24.9 Å². The number of aromatic nitrogens is 2. The number of rotatable bonds is 1. The van der Waals surface area contributed by atoms with Crippen LogP contribution >= 0.6 is 11.6 Å². The second-order valence-electron chi connectivity index (χ2n) is 4.33. The van der Waals surface area contributed by atoms with E-state index in [1.165, 1.54) is 12.1 Å². The van der Waals surface area contributed by atoms with Crippen molar-refractivity contribution in [1.82, 2.24) is 9.78 Å². The van der Waals surface area contributed by atoms with Crippen LogP contribution in [0.15, 0.2) is 24.5 Å². The third kappa shape index (κ3) is 2.04. The third-order valence-electron chi connectivity index (χ3n) is 2.94. The van der Waals surface area contributed by atoms with Gasteiger partial charge >= 0.3 is 0 Å². The second kappa shape index (κ2) is 4.24. The van der Waals surface area contributed by atoms with Crippen LogP contribution in [0.5, 0.6) is 0 Å². The normalized spacial score (nSPS) is 17.6. The molecule has 0 fully saturated rings. The molecule has 2 N–H and O–H groups in total. The highest BCUT2D eigenvalue weighted by Gasteiger charge is 2.28. The maximum atomic E-state index is 13.3. The number of hydrogen-bond donors (Lipinski definition) is 2. The highest BCUT2D eigenvalue weighted by molar-refractivity contribution is 6.31. The van der Waals surface area contributed by atoms with Gasteiger partial charge in [0.25, 0.3) is 5.91 Å². The molecule has 1 atom stereocenters. The quantitative estimate of drug-likeness (QED) is 0.843. The molecule has 19 heavy (non-hydrogen) atoms. The van der Waals surface area contributed by atoms with Crippen molar-refractivity contribution in [3.05, 3.63) is 40.9 Å². The van der Waals surface area contributed by atoms with E-state index in [2.05, 4.69) is 15.7 Å². The van der Waals surface area contributed by atoms with Crippen molar-refractivity contribution in [1.29, 1.82) is 0 Å². The van der Waals surface area contributed by atoms with Gasteiger partial charge in [-0.25, -0.2) is 4.39 Å². The number of nitrogens with one attached hydrogen (secondary N) is 2. The molecule has 98 valence electrons. The van der Waals surface area contributed by atoms with E-state index >= 15 is 0 Å². The standard InChI is InChI=1S/C12H10ClFN4O/c1-18-5-6(4-15-18)11-12(19)17-10-3-8(14)7(13)2-9(10)16-11/h2-5,11,16H,1H3,(H,17,19). The average molecular weight is 281 g/mol. The number of nitrogens with zero attached hydrogens (tertiary/aromatic N) is 2. The van der Waals surface area contributed by atoms with Crippen LogP contribution in [0.2, 0.25) is 5.02 Å². The fraction of sp³-hybridized carbons (Fsp3) is 0.167. The van der Waals surface area contributed by atoms with Crippen molar-refractivity contribution < 1.29 is 9.18 Å². The first-order chi connectivity index (χ1) is 9.04. The summed E-state index contributed by atoms with van der Waals surface area (Å²) < 4.78 is 14.9. The number of halogens is 2. The summed E-state index contributed by atoms with van der Waals surface area (Å²) >= 11 is 5.74. The lowest BCUT2D eigenvalue weighted by Gasteiger charge is -2.26. The minimum atomic E-state index is -0.567. The van der Waals surface area contributed by atoms with Gasteiger partial charge in [-0.2, -0.15) is 5.10 Å². The summed E-state index contributed by atoms with van der Waals surface area (Å²) in [5.41, 5.74) is 1.69. The van der Waals surface area contributed by atoms with E-state index in [0.29, 0.717) is 11.4 Å². The van der Waals surface area contributed by atoms with Crippen LogP contribution in [0.25, 0.3) is 0 Å². The van der Waals surface area contributed by atoms with Gasteiger partial charge in [-0.1, -0.05) is 11.6 Å². The minimum Gasteiger partial charge on any atom is -0.368 e. The number of benzene rings is 1. The first kappa shape index (κ1) is 12.0. The Morgan fingerprint density at radius 3 is 2.89 bits per heavy atom. The zero-order chi connectivity index (χ0) is 13.6. The molecule has 0 aliphatic carbocycles. The molecule has 0 radical (unpaired) electrons. The van der Waals surface area contributed by atoms with Crippen molar-refractivity contribution >= 4 is 28.9 Å². The van der Waals surface area contributed by atoms with E-state index in [1.54, 1.807) is 24.1 Å². The van der Waals surface area contributed by atoms with Crippen LogP contribution in [-0.4, -0.2) is 15.7 Å². The number of anilines is 2. The number of carbonyl (C=O) groups is 1. The molecule has 0 bridgehead atoms. The van der Waals surface area contributed by atoms with Gasteiger partial charge in [0.05, 0.1) is 22.6 Å². The monoisotopic (exact) mass is 280 g/mol. The lowest BCUT2D eigenvalue weighted by Crippen LogP contribution is -2.31. The first-order valence-corrected chi connectivity index (χ1v) is 5.97. The molecular weight excluding hydrogens is 271 g/mol. The van der Waals surface area contributed by atoms with Crippen molar-refractivity contribution in [3.63, 3.8) is 0 Å². The minimum absolute atomic E-state index is 0.00679. The van der Waals surface area contributed by atoms with Crippen LogP contribution in [-0.2, 0) is 11.8 Å². The van der Waals surface area contributed by atoms with E-state index < -0.39 is 11.9 Å². The maximum absolute atomic E-state index is 13.3. The summed E-state index contributed by atoms with van der Waals surface area (Å²) in [6, 6.07) is 2.08. The number of aryl methyl sites for hydroxylation is 1. The molecule has 0 saturated carbocycles. The van der Waals surface area contributed by atoms with Crippen LogP contribution in [0.4, 0.5) is 15.8 Å². The van der Waals surface area contributed by atoms with Crippen LogP contribution in [0.3, 0.4) is 0 Å². The summed E-state index contributed by atoms with van der Waals surface area (Å²) in [6.45, 7) is 0. The molecule has 3 rings (SSSR count). The smallest absolute Gasteiger partial charge is 0.251 e. The summed E-state index contributed by atoms with van der Waals surface area (Å²) in [7, 11) is 1.77. The zero-order valence-electron chi connectivity index (χ0n) is 9.95. The molecule has 1 unspecified atom stereocenters. The molecule has 0 saturated heterocycles. The average Bonchev–Trinajstić information content (AvgIpc) is 2.77. The first-order valence-electron chi connectivity index (χ1n) is 5.59. The van der Waals surface area contributed by atoms with E-state index in [9.17, 15) is 9.18 Å². The number of amides is 1. The zero-order valence-corrected chi connectivity index (χ0v) is 10.7. The van der Waals surface area contributed by atoms with Gasteiger partial charge in [0.2, 0.25) is 0 Å². The molecule has 1 aromatic carbocycles. The molecule has 7 heteroatoms. The maximum Gasteiger partial charge on any atom is 0.251 e. The summed E-state index contributed by atoms with van der Waals surface area (Å²) in [5.74, 6) is -0.829. The molecule has 1 aliphatic rings. The largest absolute Gasteiger partial charge is 0.368 e. The van der Waals surface area contributed by atoms with Gasteiger partial charge in [0.15, 0.2) is 0 Å². The molecule has 2 aromatic rings. The van der Waals surface area contributed by atoms with Gasteiger partial charge in [-0.15, -0.1) is 0 Å². The van der Waals surface area contributed by atoms with Crippen molar-refractivity contribution in [2.24, 2.45) is 7.05 Å². The van der Waals surface area contributed by atoms with Gasteiger partial charge in [-0.05, 0) is 6.07 Å². The molecule has 1 amide bonds. The molecule has 5 nitrogen and oxygen atoms in total. The number of hydrogen-bond acceptors (Lipinski definition) is 3. The molecular formula is C12H10ClFN4O. The predicted octanol–water partition coefficient (Wildman–Crippen LogP) is 2.32. The molecule has 1 aromatic heterocycles. The lowest BCUT2D eigenvalue weighted by molar-refractivity contribution is -0.117. The number of carbonyl (C=O) groups excluding carboxylic acids is 1. The Hall–Kier alpha value is -2.08. The summed E-state index contributed by atoms with van der Waals surface area (Å²) in [5, 5.41) is 9.71. The topological polar surface area (TPSA) is 59.0 Å². The highest BCUT2D eigenvalue weighted by atomic mass is 35.5. The Morgan fingerprint density at radius 2 is 2.21 bits per heavy atom. The Bertz CT molecular complexity index is 670. The van der Waals surface area contributed by atoms with E-state index in [1.807, 2.05) is 0 Å². The SMILES string of the molecule is Cn1cc(C2Nc3cc(Cl)c(F)cc3NC2=O)cn1. The lowest BCUT2D eigenvalue weighted by atomic mass is 10.1. The highest BCUT2D eigenvalue weighted by Crippen LogP contribution is 2.35. The fourth-order valence-electron chi connectivity index (χ4n) is 2.02. The van der Waals surface area contributed by atoms with E-state index in [-0.39, 0.29) is 10.9 Å². The molecule has 1 aliphatic heterocycles. The predicted molar refractivity (Wildman–Crippen MR) is 69.6 cm³/mol. The Kier molecular flexibility index (Phi) is 2.67. The Morgan fingerprint density at radius 1 is 1.42 bits per heavy atom. The van der Waals surface area contributed by atoms with Gasteiger partial charge < -0.3 is 10.6 Å². The van der Waals surface area contributed by atoms with E-state index in [0.717, 1.165) is 5.56 Å². The van der Waals surface area contributed by atoms with Crippen molar-refractivity contribution in [2.75, 3.05) is 10.6 Å². The van der Waals surface area contributed by atoms with E-state index in [4.69, 9.17) is 11.6 Å². The van der Waals surface area contributed by atoms with Crippen molar-refractivity contribution in [3.8, 4) is 0 Å². The van der Waals surface area contributed by atoms with Crippen molar-refractivity contribution in [2.45, 2.75) is 6.04 Å². The van der Waals surface area contributed by atoms with Crippen LogP contribution in [0.1, 0.15) is 11.6 Å². The van der Waals surface area contributed by atoms with Crippen LogP contribution < -0.4 is 10.6 Å². The second-order valence-corrected chi connectivity index (χ2v) is 4.73.